The van der Waals surface area contributed by atoms with E-state index in [1.165, 1.54) is 178 Å². The Labute approximate surface area is 289 Å². The van der Waals surface area contributed by atoms with Crippen molar-refractivity contribution < 1.29 is 5.11 Å². The average molecular weight is 651 g/mol. The molecular formula is C42H70N2OS. The summed E-state index contributed by atoms with van der Waals surface area (Å²) in [5.41, 5.74) is 3.38. The Bertz CT molecular complexity index is 985. The molecule has 1 aliphatic heterocycles. The highest BCUT2D eigenvalue weighted by molar-refractivity contribution is 8.04. The molecule has 46 heavy (non-hydrogen) atoms. The summed E-state index contributed by atoms with van der Waals surface area (Å²) in [5, 5.41) is 10.1. The van der Waals surface area contributed by atoms with Gasteiger partial charge in [-0.3, -0.25) is 0 Å². The maximum Gasteiger partial charge on any atom is 0.0921 e. The molecule has 1 aromatic carbocycles. The third-order valence-electron chi connectivity index (χ3n) is 9.86. The number of hydrogen-bond acceptors (Lipinski definition) is 4. The quantitative estimate of drug-likeness (QED) is 0.0876. The minimum atomic E-state index is -0.506. The molecule has 2 aliphatic rings. The molecule has 1 unspecified atom stereocenters. The zero-order valence-corrected chi connectivity index (χ0v) is 30.9. The molecule has 0 spiro atoms. The summed E-state index contributed by atoms with van der Waals surface area (Å²) in [6, 6.07) is 6.86. The van der Waals surface area contributed by atoms with Gasteiger partial charge in [0.2, 0.25) is 0 Å². The molecule has 1 heterocycles. The fourth-order valence-electron chi connectivity index (χ4n) is 6.88. The van der Waals surface area contributed by atoms with E-state index in [4.69, 9.17) is 4.99 Å². The van der Waals surface area contributed by atoms with Crippen LogP contribution in [0, 0.1) is 0 Å². The van der Waals surface area contributed by atoms with E-state index in [9.17, 15) is 5.11 Å². The molecule has 0 fully saturated rings. The largest absolute Gasteiger partial charge is 0.385 e. The maximum atomic E-state index is 10.1. The van der Waals surface area contributed by atoms with Gasteiger partial charge in [-0.05, 0) is 43.2 Å². The lowest BCUT2D eigenvalue weighted by molar-refractivity contribution is 0.271. The summed E-state index contributed by atoms with van der Waals surface area (Å²) < 4.78 is 0. The molecule has 0 radical (unpaired) electrons. The molecule has 1 aliphatic carbocycles. The molecule has 3 nitrogen and oxygen atoms in total. The molecule has 0 aromatic heterocycles. The number of anilines is 1. The third-order valence-corrected chi connectivity index (χ3v) is 11.0. The van der Waals surface area contributed by atoms with Crippen LogP contribution in [0.1, 0.15) is 181 Å². The number of benzene rings is 1. The Kier molecular flexibility index (Phi) is 21.6. The predicted molar refractivity (Wildman–Crippen MR) is 206 cm³/mol. The van der Waals surface area contributed by atoms with Crippen LogP contribution in [0.2, 0.25) is 0 Å². The van der Waals surface area contributed by atoms with Crippen LogP contribution in [0.4, 0.5) is 11.4 Å². The van der Waals surface area contributed by atoms with Crippen molar-refractivity contribution in [2.24, 2.45) is 4.99 Å². The summed E-state index contributed by atoms with van der Waals surface area (Å²) in [6.45, 7) is 6.90. The van der Waals surface area contributed by atoms with E-state index in [0.29, 0.717) is 0 Å². The van der Waals surface area contributed by atoms with Crippen molar-refractivity contribution in [2.45, 2.75) is 192 Å². The van der Waals surface area contributed by atoms with Crippen molar-refractivity contribution in [1.82, 2.24) is 0 Å². The number of unbranched alkanes of at least 4 members (excludes halogenated alkanes) is 24. The van der Waals surface area contributed by atoms with Crippen molar-refractivity contribution in [3.05, 3.63) is 41.3 Å². The van der Waals surface area contributed by atoms with Gasteiger partial charge >= 0.3 is 0 Å². The van der Waals surface area contributed by atoms with E-state index in [1.54, 1.807) is 11.8 Å². The van der Waals surface area contributed by atoms with E-state index in [1.807, 2.05) is 18.2 Å². The number of rotatable bonds is 29. The minimum Gasteiger partial charge on any atom is -0.385 e. The van der Waals surface area contributed by atoms with Crippen LogP contribution in [0.3, 0.4) is 0 Å². The summed E-state index contributed by atoms with van der Waals surface area (Å²) >= 11 is 1.76. The molecule has 1 atom stereocenters. The van der Waals surface area contributed by atoms with Crippen molar-refractivity contribution in [2.75, 3.05) is 18.0 Å². The zero-order chi connectivity index (χ0) is 32.5. The number of nitrogens with zero attached hydrogens (tertiary/aromatic N) is 2. The SMILES string of the molecule is CCCCCCCCCCCCCCCN(CCCCCCCCCCCCCCC)c1ccc2c(c1)SC1=CC(O)C=CC1=N2. The van der Waals surface area contributed by atoms with E-state index in [-0.39, 0.29) is 0 Å². The Morgan fingerprint density at radius 2 is 1.04 bits per heavy atom. The van der Waals surface area contributed by atoms with Gasteiger partial charge in [-0.1, -0.05) is 186 Å². The first-order valence-electron chi connectivity index (χ1n) is 19.9. The van der Waals surface area contributed by atoms with E-state index >= 15 is 0 Å². The molecule has 3 rings (SSSR count). The number of fused-ring (bicyclic) bond motifs is 2. The molecule has 1 N–H and O–H groups in total. The van der Waals surface area contributed by atoms with Crippen molar-refractivity contribution in [3.63, 3.8) is 0 Å². The van der Waals surface area contributed by atoms with Crippen LogP contribution in [-0.4, -0.2) is 30.0 Å². The fourth-order valence-corrected chi connectivity index (χ4v) is 7.94. The predicted octanol–water partition coefficient (Wildman–Crippen LogP) is 13.7. The number of aliphatic hydroxyl groups excluding tert-OH is 1. The second-order valence-corrected chi connectivity index (χ2v) is 15.2. The highest BCUT2D eigenvalue weighted by atomic mass is 32.2. The van der Waals surface area contributed by atoms with E-state index < -0.39 is 6.10 Å². The van der Waals surface area contributed by atoms with Gasteiger partial charge in [-0.2, -0.15) is 0 Å². The van der Waals surface area contributed by atoms with Gasteiger partial charge in [0, 0.05) is 28.6 Å². The number of thioether (sulfide) groups is 1. The molecule has 4 heteroatoms. The van der Waals surface area contributed by atoms with Crippen LogP contribution in [0.15, 0.2) is 51.2 Å². The first kappa shape index (κ1) is 38.9. The topological polar surface area (TPSA) is 35.8 Å². The minimum absolute atomic E-state index is 0.506. The van der Waals surface area contributed by atoms with Gasteiger partial charge in [-0.15, -0.1) is 0 Å². The lowest BCUT2D eigenvalue weighted by Crippen LogP contribution is -2.25. The standard InChI is InChI=1S/C42H70N2OS/c1-3-5-7-9-11-13-15-17-19-21-23-25-27-33-44(34-28-26-24-22-20-18-16-14-12-10-8-6-4-2)37-29-31-39-41(35-37)46-42-36-38(45)30-32-40(42)43-39/h29-32,35-36,38,45H,3-28,33-34H2,1-2H3. The first-order chi connectivity index (χ1) is 22.7. The monoisotopic (exact) mass is 651 g/mol. The number of aliphatic imine (C=N–C) groups is 1. The summed E-state index contributed by atoms with van der Waals surface area (Å²) in [4.78, 5) is 9.85. The van der Waals surface area contributed by atoms with Crippen LogP contribution in [-0.2, 0) is 0 Å². The Morgan fingerprint density at radius 1 is 0.609 bits per heavy atom. The highest BCUT2D eigenvalue weighted by Crippen LogP contribution is 2.43. The van der Waals surface area contributed by atoms with Crippen LogP contribution in [0.25, 0.3) is 0 Å². The number of hydrogen-bond donors (Lipinski definition) is 1. The molecule has 0 saturated heterocycles. The van der Waals surface area contributed by atoms with Gasteiger partial charge in [-0.25, -0.2) is 4.99 Å². The van der Waals surface area contributed by atoms with Gasteiger partial charge < -0.3 is 10.0 Å². The molecule has 0 saturated carbocycles. The van der Waals surface area contributed by atoms with Gasteiger partial charge in [0.15, 0.2) is 0 Å². The summed E-state index contributed by atoms with van der Waals surface area (Å²) in [5.74, 6) is 0. The second kappa shape index (κ2) is 25.5. The van der Waals surface area contributed by atoms with Gasteiger partial charge in [0.05, 0.1) is 17.5 Å². The summed E-state index contributed by atoms with van der Waals surface area (Å²) in [6.07, 6.45) is 41.6. The normalized spacial score (nSPS) is 15.4. The van der Waals surface area contributed by atoms with Crippen molar-refractivity contribution in [3.8, 4) is 0 Å². The lowest BCUT2D eigenvalue weighted by Gasteiger charge is -2.27. The molecule has 260 valence electrons. The number of allylic oxidation sites excluding steroid dienone is 2. The Balaban J connectivity index is 1.37. The Hall–Kier alpha value is -1.52. The second-order valence-electron chi connectivity index (χ2n) is 14.1. The maximum absolute atomic E-state index is 10.1. The van der Waals surface area contributed by atoms with Crippen LogP contribution < -0.4 is 4.90 Å². The summed E-state index contributed by atoms with van der Waals surface area (Å²) in [7, 11) is 0. The van der Waals surface area contributed by atoms with Crippen LogP contribution in [0.5, 0.6) is 0 Å². The molecular weight excluding hydrogens is 581 g/mol. The van der Waals surface area contributed by atoms with E-state index in [2.05, 4.69) is 36.9 Å². The smallest absolute Gasteiger partial charge is 0.0921 e. The zero-order valence-electron chi connectivity index (χ0n) is 30.1. The highest BCUT2D eigenvalue weighted by Gasteiger charge is 2.21. The lowest BCUT2D eigenvalue weighted by atomic mass is 10.0. The molecule has 1 aromatic rings. The number of aliphatic hydroxyl groups is 1. The van der Waals surface area contributed by atoms with Crippen molar-refractivity contribution in [1.29, 1.82) is 0 Å². The molecule has 0 bridgehead atoms. The Morgan fingerprint density at radius 3 is 1.50 bits per heavy atom. The van der Waals surface area contributed by atoms with Crippen LogP contribution >= 0.6 is 11.8 Å². The average Bonchev–Trinajstić information content (AvgIpc) is 3.06. The van der Waals surface area contributed by atoms with Gasteiger partial charge in [0.1, 0.15) is 0 Å². The van der Waals surface area contributed by atoms with E-state index in [0.717, 1.165) is 29.4 Å². The van der Waals surface area contributed by atoms with Gasteiger partial charge in [0.25, 0.3) is 0 Å². The first-order valence-corrected chi connectivity index (χ1v) is 20.8. The van der Waals surface area contributed by atoms with Crippen molar-refractivity contribution >= 4 is 28.8 Å². The fraction of sp³-hybridized carbons (Fsp3) is 0.738. The third kappa shape index (κ3) is 16.5. The molecule has 0 amide bonds.